The lowest BCUT2D eigenvalue weighted by atomic mass is 9.72. The monoisotopic (exact) mass is 722 g/mol. The van der Waals surface area contributed by atoms with Gasteiger partial charge in [-0.25, -0.2) is 9.59 Å². The van der Waals surface area contributed by atoms with Gasteiger partial charge in [-0.05, 0) is 80.3 Å². The average Bonchev–Trinajstić information content (AvgIpc) is 3.30. The minimum Gasteiger partial charge on any atom is -0.458 e. The van der Waals surface area contributed by atoms with Crippen molar-refractivity contribution in [1.82, 2.24) is 15.1 Å². The van der Waals surface area contributed by atoms with E-state index in [9.17, 15) is 19.2 Å². The maximum absolute atomic E-state index is 14.6. The molecule has 0 aromatic carbocycles. The van der Waals surface area contributed by atoms with E-state index in [0.29, 0.717) is 18.6 Å². The highest BCUT2D eigenvalue weighted by atomic mass is 16.7. The van der Waals surface area contributed by atoms with Crippen LogP contribution in [0.15, 0.2) is 4.99 Å². The van der Waals surface area contributed by atoms with Gasteiger partial charge < -0.3 is 38.6 Å². The van der Waals surface area contributed by atoms with Gasteiger partial charge in [0.25, 0.3) is 0 Å². The first-order chi connectivity index (χ1) is 23.7. The number of carbonyl (C=O) groups excluding carboxylic acids is 4. The third kappa shape index (κ3) is 8.23. The Balaban J connectivity index is 1.94. The summed E-state index contributed by atoms with van der Waals surface area (Å²) >= 11 is 0. The van der Waals surface area contributed by atoms with Gasteiger partial charge in [0.2, 0.25) is 0 Å². The predicted octanol–water partition coefficient (Wildman–Crippen LogP) is 4.22. The highest BCUT2D eigenvalue weighted by molar-refractivity contribution is 5.93. The fraction of sp³-hybridized carbons (Fsp3) is 0.865. The minimum atomic E-state index is -1.41. The summed E-state index contributed by atoms with van der Waals surface area (Å²) in [6.45, 7) is 16.5. The third-order valence-electron chi connectivity index (χ3n) is 11.6. The number of aliphatic imine (C=N–C) groups is 1. The number of likely N-dealkylation sites (N-methyl/N-ethyl adjacent to an activating group) is 1. The van der Waals surface area contributed by atoms with E-state index in [2.05, 4.69) is 15.2 Å². The lowest BCUT2D eigenvalue weighted by molar-refractivity contribution is -0.299. The van der Waals surface area contributed by atoms with E-state index in [1.807, 2.05) is 55.6 Å². The quantitative estimate of drug-likeness (QED) is 0.321. The van der Waals surface area contributed by atoms with Crippen LogP contribution in [-0.4, -0.2) is 135 Å². The molecule has 4 aliphatic heterocycles. The van der Waals surface area contributed by atoms with Crippen LogP contribution in [0.4, 0.5) is 9.59 Å². The summed E-state index contributed by atoms with van der Waals surface area (Å²) in [4.78, 5) is 64.2. The maximum atomic E-state index is 14.6. The Bertz CT molecular complexity index is 1340. The van der Waals surface area contributed by atoms with Gasteiger partial charge in [-0.3, -0.25) is 19.5 Å². The topological polar surface area (TPSA) is 155 Å². The first-order valence-electron chi connectivity index (χ1n) is 18.4. The Hall–Kier alpha value is -2.81. The van der Waals surface area contributed by atoms with Crippen molar-refractivity contribution < 1.29 is 47.6 Å². The predicted molar refractivity (Wildman–Crippen MR) is 189 cm³/mol. The molecule has 4 fully saturated rings. The van der Waals surface area contributed by atoms with Crippen LogP contribution in [-0.2, 0) is 38.0 Å². The molecule has 4 rings (SSSR count). The van der Waals surface area contributed by atoms with Crippen LogP contribution in [0.3, 0.4) is 0 Å². The van der Waals surface area contributed by atoms with E-state index in [0.717, 1.165) is 0 Å². The summed E-state index contributed by atoms with van der Waals surface area (Å²) in [6.07, 6.45) is -3.22. The summed E-state index contributed by atoms with van der Waals surface area (Å²) in [5.74, 6) is -2.49. The first-order valence-corrected chi connectivity index (χ1v) is 18.4. The molecule has 1 N–H and O–H groups in total. The summed E-state index contributed by atoms with van der Waals surface area (Å²) < 4.78 is 38.2. The van der Waals surface area contributed by atoms with Crippen LogP contribution in [0, 0.1) is 23.2 Å². The molecule has 0 aromatic heterocycles. The molecule has 2 bridgehead atoms. The van der Waals surface area contributed by atoms with E-state index in [4.69, 9.17) is 28.4 Å². The van der Waals surface area contributed by atoms with Crippen LogP contribution < -0.4 is 5.32 Å². The number of Topliss-reactive ketones (excluding diaryl/α,β-unsaturated/α-hetero) is 1. The van der Waals surface area contributed by atoms with Crippen molar-refractivity contribution in [3.63, 3.8) is 0 Å². The number of ketones is 1. The molecule has 4 saturated heterocycles. The Morgan fingerprint density at radius 2 is 1.69 bits per heavy atom. The second-order valence-electron chi connectivity index (χ2n) is 16.5. The van der Waals surface area contributed by atoms with Crippen LogP contribution in [0.1, 0.15) is 88.0 Å². The third-order valence-corrected chi connectivity index (χ3v) is 11.6. The largest absolute Gasteiger partial charge is 0.458 e. The number of nitrogens with zero attached hydrogens (tertiary/aromatic N) is 3. The van der Waals surface area contributed by atoms with E-state index < -0.39 is 83.2 Å². The van der Waals surface area contributed by atoms with Gasteiger partial charge in [0, 0.05) is 32.0 Å². The molecule has 4 aliphatic rings. The number of alkyl carbamates (subject to hydrolysis) is 1. The number of nitrogens with one attached hydrogen (secondary N) is 1. The van der Waals surface area contributed by atoms with Crippen molar-refractivity contribution >= 4 is 29.7 Å². The van der Waals surface area contributed by atoms with Gasteiger partial charge in [0.15, 0.2) is 11.9 Å². The molecule has 0 aromatic rings. The Labute approximate surface area is 303 Å². The fourth-order valence-electron chi connectivity index (χ4n) is 9.08. The van der Waals surface area contributed by atoms with Gasteiger partial charge in [0.05, 0.1) is 36.4 Å². The molecule has 12 atom stereocenters. The zero-order valence-electron chi connectivity index (χ0n) is 32.9. The Morgan fingerprint density at radius 1 is 1.02 bits per heavy atom. The Kier molecular flexibility index (Phi) is 12.6. The number of carbonyl (C=O) groups is 4. The second-order valence-corrected chi connectivity index (χ2v) is 16.5. The fourth-order valence-corrected chi connectivity index (χ4v) is 9.08. The summed E-state index contributed by atoms with van der Waals surface area (Å²) in [5, 5.41) is 2.83. The number of rotatable bonds is 5. The van der Waals surface area contributed by atoms with Gasteiger partial charge in [-0.1, -0.05) is 27.7 Å². The first kappa shape index (κ1) is 41.0. The zero-order chi connectivity index (χ0) is 38.2. The number of hydrogen-bond acceptors (Lipinski definition) is 12. The molecule has 14 heteroatoms. The molecule has 0 unspecified atom stereocenters. The molecule has 0 spiro atoms. The SMILES string of the molecule is CC[C@H]1OC(=O)C(C)(C)C[C@H](C)[C@@H](O[C@@H]2O[C@H](C)C[C@H](N(C)C)[C@H]2OC)[C@@]2(C)C[C@@H](C)C(=O)[C@H](C)[C@H]3N(CC(=NC)CNC(=O)O2)C(=O)O[C@]13C. The molecule has 290 valence electrons. The summed E-state index contributed by atoms with van der Waals surface area (Å²) in [5.41, 5.74) is -3.35. The van der Waals surface area contributed by atoms with Gasteiger partial charge in [0.1, 0.15) is 29.7 Å². The van der Waals surface area contributed by atoms with Crippen molar-refractivity contribution in [2.45, 2.75) is 142 Å². The van der Waals surface area contributed by atoms with E-state index in [-0.39, 0.29) is 43.9 Å². The smallest absolute Gasteiger partial charge is 0.411 e. The lowest BCUT2D eigenvalue weighted by Gasteiger charge is -2.48. The van der Waals surface area contributed by atoms with Gasteiger partial charge in [-0.15, -0.1) is 0 Å². The van der Waals surface area contributed by atoms with E-state index >= 15 is 0 Å². The number of methoxy groups -OCH3 is 1. The normalized spacial score (nSPS) is 42.1. The lowest BCUT2D eigenvalue weighted by Crippen LogP contribution is -2.60. The molecule has 2 amide bonds. The van der Waals surface area contributed by atoms with E-state index in [1.165, 1.54) is 4.90 Å². The average molecular weight is 723 g/mol. The van der Waals surface area contributed by atoms with Crippen molar-refractivity contribution in [3.8, 4) is 0 Å². The van der Waals surface area contributed by atoms with Gasteiger partial charge >= 0.3 is 18.2 Å². The van der Waals surface area contributed by atoms with Crippen LogP contribution in [0.5, 0.6) is 0 Å². The van der Waals surface area contributed by atoms with Crippen LogP contribution in [0.25, 0.3) is 0 Å². The Morgan fingerprint density at radius 3 is 2.27 bits per heavy atom. The minimum absolute atomic E-state index is 0.0135. The number of esters is 1. The molecule has 0 radical (unpaired) electrons. The number of amides is 2. The molecule has 4 heterocycles. The van der Waals surface area contributed by atoms with Crippen molar-refractivity contribution in [1.29, 1.82) is 0 Å². The molecule has 51 heavy (non-hydrogen) atoms. The highest BCUT2D eigenvalue weighted by Crippen LogP contribution is 2.45. The standard InChI is InChI=1S/C37H62N4O10/c1-14-26-37(9)29-23(5)27(42)20(2)17-36(8,50-33(44)39-18-24(38-10)19-41(29)34(45)51-37)30(21(3)16-35(6,7)32(43)48-26)49-31-28(46-13)25(40(11)12)15-22(4)47-31/h20-23,25-26,28-31H,14-19H2,1-13H3,(H,39,44)/t20-,21+,22-,23+,25+,26-,28-,29-,30-,31+,36-,37-/m1/s1. The number of hydrogen-bond donors (Lipinski definition) is 1. The summed E-state index contributed by atoms with van der Waals surface area (Å²) in [6, 6.07) is -0.841. The summed E-state index contributed by atoms with van der Waals surface area (Å²) in [7, 11) is 7.15. The number of cyclic esters (lactones) is 1. The molecule has 14 nitrogen and oxygen atoms in total. The number of ether oxygens (including phenoxy) is 6. The molecule has 0 saturated carbocycles. The van der Waals surface area contributed by atoms with Crippen LogP contribution in [0.2, 0.25) is 0 Å². The zero-order valence-corrected chi connectivity index (χ0v) is 32.9. The molecule has 0 aliphatic carbocycles. The second kappa shape index (κ2) is 15.7. The molecular weight excluding hydrogens is 660 g/mol. The number of fused-ring (bicyclic) bond motifs is 4. The van der Waals surface area contributed by atoms with Gasteiger partial charge in [-0.2, -0.15) is 0 Å². The van der Waals surface area contributed by atoms with Crippen LogP contribution >= 0.6 is 0 Å². The van der Waals surface area contributed by atoms with E-state index in [1.54, 1.807) is 34.9 Å². The highest BCUT2D eigenvalue weighted by Gasteiger charge is 2.61. The molecular formula is C37H62N4O10. The maximum Gasteiger partial charge on any atom is 0.411 e. The van der Waals surface area contributed by atoms with Crippen molar-refractivity contribution in [2.24, 2.45) is 28.2 Å². The van der Waals surface area contributed by atoms with Crippen molar-refractivity contribution in [3.05, 3.63) is 0 Å². The van der Waals surface area contributed by atoms with Crippen molar-refractivity contribution in [2.75, 3.05) is 41.3 Å².